The molecule has 27 heavy (non-hydrogen) atoms. The number of rotatable bonds is 6. The number of ether oxygens (including phenoxy) is 1. The van der Waals surface area contributed by atoms with Crippen LogP contribution in [0.2, 0.25) is 0 Å². The van der Waals surface area contributed by atoms with E-state index in [9.17, 15) is 0 Å². The van der Waals surface area contributed by atoms with Gasteiger partial charge in [-0.05, 0) is 36.1 Å². The van der Waals surface area contributed by atoms with Crippen LogP contribution in [0.15, 0.2) is 66.0 Å². The Morgan fingerprint density at radius 1 is 1.15 bits per heavy atom. The summed E-state index contributed by atoms with van der Waals surface area (Å²) in [6.07, 6.45) is 4.46. The van der Waals surface area contributed by atoms with E-state index in [0.717, 1.165) is 42.6 Å². The third kappa shape index (κ3) is 4.24. The lowest BCUT2D eigenvalue weighted by Gasteiger charge is -2.16. The van der Waals surface area contributed by atoms with Gasteiger partial charge in [-0.25, -0.2) is 4.98 Å². The van der Waals surface area contributed by atoms with Crippen molar-refractivity contribution in [2.45, 2.75) is 36.4 Å². The van der Waals surface area contributed by atoms with E-state index >= 15 is 0 Å². The fourth-order valence-corrected chi connectivity index (χ4v) is 4.25. The summed E-state index contributed by atoms with van der Waals surface area (Å²) in [6.45, 7) is 1.69. The first-order valence-corrected chi connectivity index (χ1v) is 10.2. The van der Waals surface area contributed by atoms with Gasteiger partial charge < -0.3 is 9.30 Å². The minimum absolute atomic E-state index is 0.260. The molecule has 0 spiro atoms. The monoisotopic (exact) mass is 375 g/mol. The fraction of sp³-hybridized carbons (Fsp3) is 0.273. The van der Waals surface area contributed by atoms with Crippen LogP contribution < -0.4 is 0 Å². The van der Waals surface area contributed by atoms with Gasteiger partial charge in [-0.15, -0.1) is 0 Å². The normalized spacial score (nSPS) is 16.3. The van der Waals surface area contributed by atoms with Crippen LogP contribution in [0.3, 0.4) is 0 Å². The third-order valence-corrected chi connectivity index (χ3v) is 5.81. The van der Waals surface area contributed by atoms with Crippen molar-refractivity contribution in [1.29, 1.82) is 5.26 Å². The number of hydrogen-bond acceptors (Lipinski definition) is 4. The van der Waals surface area contributed by atoms with Gasteiger partial charge in [0.25, 0.3) is 0 Å². The maximum Gasteiger partial charge on any atom is 0.168 e. The Kier molecular flexibility index (Phi) is 5.57. The summed E-state index contributed by atoms with van der Waals surface area (Å²) in [7, 11) is 0. The predicted molar refractivity (Wildman–Crippen MR) is 107 cm³/mol. The molecule has 136 valence electrons. The number of aromatic nitrogens is 2. The van der Waals surface area contributed by atoms with Crippen molar-refractivity contribution in [2.24, 2.45) is 0 Å². The Balaban J connectivity index is 1.57. The highest BCUT2D eigenvalue weighted by molar-refractivity contribution is 7.98. The van der Waals surface area contributed by atoms with Crippen molar-refractivity contribution in [3.8, 4) is 17.3 Å². The molecular formula is C22H21N3OS. The van der Waals surface area contributed by atoms with Crippen LogP contribution in [0.25, 0.3) is 11.3 Å². The van der Waals surface area contributed by atoms with Crippen molar-refractivity contribution in [3.05, 3.63) is 71.9 Å². The molecule has 2 heterocycles. The summed E-state index contributed by atoms with van der Waals surface area (Å²) >= 11 is 1.73. The molecule has 1 unspecified atom stereocenters. The molecule has 1 atom stereocenters. The summed E-state index contributed by atoms with van der Waals surface area (Å²) in [6, 6.07) is 20.3. The van der Waals surface area contributed by atoms with Gasteiger partial charge in [-0.1, -0.05) is 54.2 Å². The van der Waals surface area contributed by atoms with Gasteiger partial charge in [-0.2, -0.15) is 5.26 Å². The zero-order valence-corrected chi connectivity index (χ0v) is 15.9. The molecule has 0 saturated carbocycles. The molecule has 1 aliphatic rings. The quantitative estimate of drug-likeness (QED) is 0.576. The predicted octanol–water partition coefficient (Wildman–Crippen LogP) is 4.89. The molecular weight excluding hydrogens is 354 g/mol. The second-order valence-electron chi connectivity index (χ2n) is 6.64. The van der Waals surface area contributed by atoms with Crippen LogP contribution in [0.1, 0.15) is 24.0 Å². The zero-order valence-electron chi connectivity index (χ0n) is 15.0. The molecule has 0 N–H and O–H groups in total. The lowest BCUT2D eigenvalue weighted by Crippen LogP contribution is -2.16. The SMILES string of the molecule is N#Cc1ccc(CSc2ncc(-c3ccccc3)n2CC2CCCO2)cc1. The molecule has 5 heteroatoms. The maximum atomic E-state index is 8.94. The molecule has 1 fully saturated rings. The summed E-state index contributed by atoms with van der Waals surface area (Å²) < 4.78 is 8.16. The van der Waals surface area contributed by atoms with E-state index < -0.39 is 0 Å². The van der Waals surface area contributed by atoms with Gasteiger partial charge in [0.05, 0.1) is 36.2 Å². The maximum absolute atomic E-state index is 8.94. The van der Waals surface area contributed by atoms with Crippen LogP contribution in [-0.4, -0.2) is 22.3 Å². The van der Waals surface area contributed by atoms with Crippen molar-refractivity contribution < 1.29 is 4.74 Å². The number of nitriles is 1. The summed E-state index contributed by atoms with van der Waals surface area (Å²) in [5, 5.41) is 9.95. The molecule has 4 rings (SSSR count). The number of hydrogen-bond donors (Lipinski definition) is 0. The zero-order chi connectivity index (χ0) is 18.5. The van der Waals surface area contributed by atoms with E-state index in [0.29, 0.717) is 5.56 Å². The molecule has 1 saturated heterocycles. The van der Waals surface area contributed by atoms with Crippen LogP contribution in [-0.2, 0) is 17.0 Å². The molecule has 2 aromatic carbocycles. The minimum Gasteiger partial charge on any atom is -0.376 e. The Bertz CT molecular complexity index is 922. The van der Waals surface area contributed by atoms with Crippen molar-refractivity contribution in [1.82, 2.24) is 9.55 Å². The smallest absolute Gasteiger partial charge is 0.168 e. The largest absolute Gasteiger partial charge is 0.376 e. The van der Waals surface area contributed by atoms with Crippen molar-refractivity contribution in [3.63, 3.8) is 0 Å². The van der Waals surface area contributed by atoms with Gasteiger partial charge in [0.2, 0.25) is 0 Å². The topological polar surface area (TPSA) is 50.8 Å². The van der Waals surface area contributed by atoms with E-state index in [4.69, 9.17) is 15.0 Å². The lowest BCUT2D eigenvalue weighted by atomic mass is 10.1. The second kappa shape index (κ2) is 8.43. The molecule has 0 bridgehead atoms. The molecule has 3 aromatic rings. The first-order chi connectivity index (χ1) is 13.3. The Morgan fingerprint density at radius 2 is 1.96 bits per heavy atom. The van der Waals surface area contributed by atoms with E-state index in [-0.39, 0.29) is 6.10 Å². The van der Waals surface area contributed by atoms with Crippen molar-refractivity contribution in [2.75, 3.05) is 6.61 Å². The molecule has 1 aromatic heterocycles. The molecule has 4 nitrogen and oxygen atoms in total. The number of imidazole rings is 1. The summed E-state index contributed by atoms with van der Waals surface area (Å²) in [5.41, 5.74) is 4.18. The summed E-state index contributed by atoms with van der Waals surface area (Å²) in [5.74, 6) is 0.822. The number of benzene rings is 2. The van der Waals surface area contributed by atoms with Crippen molar-refractivity contribution >= 4 is 11.8 Å². The number of nitrogens with zero attached hydrogens (tertiary/aromatic N) is 3. The minimum atomic E-state index is 0.260. The molecule has 0 radical (unpaired) electrons. The van der Waals surface area contributed by atoms with Crippen LogP contribution in [0, 0.1) is 11.3 Å². The standard InChI is InChI=1S/C22H21N3OS/c23-13-17-8-10-18(11-9-17)16-27-22-24-14-21(19-5-2-1-3-6-19)25(22)15-20-7-4-12-26-20/h1-3,5-6,8-11,14,20H,4,7,12,15-16H2. The van der Waals surface area contributed by atoms with Crippen LogP contribution in [0.5, 0.6) is 0 Å². The second-order valence-corrected chi connectivity index (χ2v) is 7.58. The third-order valence-electron chi connectivity index (χ3n) is 4.75. The number of thioether (sulfide) groups is 1. The molecule has 0 aliphatic carbocycles. The molecule has 1 aliphatic heterocycles. The summed E-state index contributed by atoms with van der Waals surface area (Å²) in [4.78, 5) is 4.70. The highest BCUT2D eigenvalue weighted by Gasteiger charge is 2.20. The van der Waals surface area contributed by atoms with Gasteiger partial charge >= 0.3 is 0 Å². The van der Waals surface area contributed by atoms with Gasteiger partial charge in [-0.3, -0.25) is 0 Å². The van der Waals surface area contributed by atoms with Gasteiger partial charge in [0.1, 0.15) is 0 Å². The van der Waals surface area contributed by atoms with E-state index in [2.05, 4.69) is 34.9 Å². The highest BCUT2D eigenvalue weighted by atomic mass is 32.2. The fourth-order valence-electron chi connectivity index (χ4n) is 3.31. The van der Waals surface area contributed by atoms with E-state index in [1.807, 2.05) is 36.5 Å². The van der Waals surface area contributed by atoms with Crippen LogP contribution >= 0.6 is 11.8 Å². The Hall–Kier alpha value is -2.55. The average molecular weight is 375 g/mol. The van der Waals surface area contributed by atoms with E-state index in [1.54, 1.807) is 11.8 Å². The first kappa shape index (κ1) is 17.8. The average Bonchev–Trinajstić information content (AvgIpc) is 3.38. The van der Waals surface area contributed by atoms with Gasteiger partial charge in [0.15, 0.2) is 5.16 Å². The lowest BCUT2D eigenvalue weighted by molar-refractivity contribution is 0.0954. The first-order valence-electron chi connectivity index (χ1n) is 9.18. The molecule has 0 amide bonds. The van der Waals surface area contributed by atoms with Gasteiger partial charge in [0, 0.05) is 12.4 Å². The Labute approximate surface area is 163 Å². The van der Waals surface area contributed by atoms with Crippen LogP contribution in [0.4, 0.5) is 0 Å². The Morgan fingerprint density at radius 3 is 2.67 bits per heavy atom. The highest BCUT2D eigenvalue weighted by Crippen LogP contribution is 2.30. The van der Waals surface area contributed by atoms with E-state index in [1.165, 1.54) is 11.1 Å².